The Labute approximate surface area is 81.5 Å². The monoisotopic (exact) mass is 194 g/mol. The van der Waals surface area contributed by atoms with E-state index in [1.165, 1.54) is 11.1 Å². The van der Waals surface area contributed by atoms with E-state index < -0.39 is 0 Å². The van der Waals surface area contributed by atoms with E-state index in [9.17, 15) is 0 Å². The zero-order chi connectivity index (χ0) is 5.98. The third kappa shape index (κ3) is 3.12. The molecule has 0 aromatic heterocycles. The standard InChI is InChI=1S/C8H9.Y/c1-7-4-3-5-8(2)6-7;/h3-4,6H,1-2H3;/q-1;+3. The molecule has 0 saturated heterocycles. The van der Waals surface area contributed by atoms with Crippen molar-refractivity contribution in [3.8, 4) is 0 Å². The molecule has 1 aromatic rings. The number of aryl methyl sites for hydroxylation is 2. The van der Waals surface area contributed by atoms with Gasteiger partial charge in [-0.1, -0.05) is 13.8 Å². The first-order chi connectivity index (χ1) is 3.79. The second kappa shape index (κ2) is 4.19. The van der Waals surface area contributed by atoms with Gasteiger partial charge in [-0.3, -0.25) is 0 Å². The normalized spacial score (nSPS) is 8.22. The fraction of sp³-hybridized carbons (Fsp3) is 0.250. The van der Waals surface area contributed by atoms with Crippen molar-refractivity contribution in [3.05, 3.63) is 35.4 Å². The molecule has 42 valence electrons. The molecule has 0 atom stereocenters. The quantitative estimate of drug-likeness (QED) is 0.555. The summed E-state index contributed by atoms with van der Waals surface area (Å²) in [5.41, 5.74) is 2.52. The average molecular weight is 194 g/mol. The Hall–Kier alpha value is 0.324. The molecule has 0 saturated carbocycles. The van der Waals surface area contributed by atoms with Crippen LogP contribution in [-0.2, 0) is 32.7 Å². The molecule has 0 unspecified atom stereocenters. The van der Waals surface area contributed by atoms with Gasteiger partial charge < -0.3 is 0 Å². The number of benzene rings is 1. The van der Waals surface area contributed by atoms with Crippen LogP contribution in [0.15, 0.2) is 18.2 Å². The fourth-order valence-corrected chi connectivity index (χ4v) is 0.736. The molecule has 0 fully saturated rings. The molecule has 0 nitrogen and oxygen atoms in total. The van der Waals surface area contributed by atoms with Gasteiger partial charge in [0.25, 0.3) is 0 Å². The van der Waals surface area contributed by atoms with Crippen LogP contribution in [-0.4, -0.2) is 0 Å². The van der Waals surface area contributed by atoms with Crippen LogP contribution < -0.4 is 0 Å². The van der Waals surface area contributed by atoms with Crippen molar-refractivity contribution in [1.29, 1.82) is 0 Å². The summed E-state index contributed by atoms with van der Waals surface area (Å²) in [6.07, 6.45) is 0. The van der Waals surface area contributed by atoms with Gasteiger partial charge in [0, 0.05) is 0 Å². The predicted octanol–water partition coefficient (Wildman–Crippen LogP) is 2.10. The van der Waals surface area contributed by atoms with Crippen molar-refractivity contribution in [2.24, 2.45) is 0 Å². The van der Waals surface area contributed by atoms with Gasteiger partial charge in [-0.15, -0.1) is 0 Å². The van der Waals surface area contributed by atoms with Crippen molar-refractivity contribution in [3.63, 3.8) is 0 Å². The first kappa shape index (κ1) is 9.32. The van der Waals surface area contributed by atoms with Gasteiger partial charge in [-0.05, 0) is 0 Å². The fourth-order valence-electron chi connectivity index (χ4n) is 0.736. The van der Waals surface area contributed by atoms with Gasteiger partial charge in [0.05, 0.1) is 0 Å². The van der Waals surface area contributed by atoms with Crippen molar-refractivity contribution < 1.29 is 32.7 Å². The summed E-state index contributed by atoms with van der Waals surface area (Å²) >= 11 is 0. The van der Waals surface area contributed by atoms with Crippen LogP contribution in [0.3, 0.4) is 0 Å². The minimum absolute atomic E-state index is 0. The van der Waals surface area contributed by atoms with Gasteiger partial charge in [0.2, 0.25) is 0 Å². The Balaban J connectivity index is 0.000000640. The second-order valence-corrected chi connectivity index (χ2v) is 2.05. The van der Waals surface area contributed by atoms with E-state index in [0.717, 1.165) is 0 Å². The zero-order valence-corrected chi connectivity index (χ0v) is 8.65. The molecular weight excluding hydrogens is 185 g/mol. The van der Waals surface area contributed by atoms with Gasteiger partial charge in [-0.2, -0.15) is 35.4 Å². The molecule has 1 rings (SSSR count). The molecule has 0 aliphatic carbocycles. The molecule has 0 radical (unpaired) electrons. The van der Waals surface area contributed by atoms with Crippen molar-refractivity contribution >= 4 is 0 Å². The van der Waals surface area contributed by atoms with Crippen molar-refractivity contribution in [2.45, 2.75) is 13.8 Å². The topological polar surface area (TPSA) is 0 Å². The maximum absolute atomic E-state index is 3.07. The molecule has 0 amide bonds. The van der Waals surface area contributed by atoms with Gasteiger partial charge in [-0.25, -0.2) is 0 Å². The Morgan fingerprint density at radius 2 is 2.00 bits per heavy atom. The maximum atomic E-state index is 3.07. The van der Waals surface area contributed by atoms with E-state index in [0.29, 0.717) is 0 Å². The zero-order valence-electron chi connectivity index (χ0n) is 5.81. The van der Waals surface area contributed by atoms with Crippen LogP contribution >= 0.6 is 0 Å². The van der Waals surface area contributed by atoms with Crippen LogP contribution in [0.5, 0.6) is 0 Å². The smallest absolute Gasteiger partial charge is 0.181 e. The van der Waals surface area contributed by atoms with Crippen molar-refractivity contribution in [2.75, 3.05) is 0 Å². The van der Waals surface area contributed by atoms with E-state index in [2.05, 4.69) is 19.1 Å². The summed E-state index contributed by atoms with van der Waals surface area (Å²) in [6.45, 7) is 4.13. The summed E-state index contributed by atoms with van der Waals surface area (Å²) in [5.74, 6) is 0. The van der Waals surface area contributed by atoms with E-state index in [1.54, 1.807) is 0 Å². The van der Waals surface area contributed by atoms with Gasteiger partial charge in [0.15, 0.2) is 0 Å². The molecule has 1 aromatic carbocycles. The molecule has 1 heteroatoms. The molecule has 0 spiro atoms. The third-order valence-electron chi connectivity index (χ3n) is 1.10. The van der Waals surface area contributed by atoms with Crippen molar-refractivity contribution in [1.82, 2.24) is 0 Å². The van der Waals surface area contributed by atoms with E-state index in [-0.39, 0.29) is 32.7 Å². The van der Waals surface area contributed by atoms with Gasteiger partial charge >= 0.3 is 32.7 Å². The summed E-state index contributed by atoms with van der Waals surface area (Å²) in [4.78, 5) is 0. The SMILES string of the molecule is Cc1[c-]ccc(C)c1.[Y+3]. The molecule has 0 bridgehead atoms. The maximum Gasteiger partial charge on any atom is 3.00 e. The molecule has 0 heterocycles. The summed E-state index contributed by atoms with van der Waals surface area (Å²) < 4.78 is 0. The third-order valence-corrected chi connectivity index (χ3v) is 1.10. The minimum Gasteiger partial charge on any atom is -0.181 e. The number of hydrogen-bond acceptors (Lipinski definition) is 0. The Morgan fingerprint density at radius 1 is 1.33 bits per heavy atom. The van der Waals surface area contributed by atoms with Crippen LogP contribution in [0.25, 0.3) is 0 Å². The summed E-state index contributed by atoms with van der Waals surface area (Å²) in [5, 5.41) is 0. The van der Waals surface area contributed by atoms with E-state index in [1.807, 2.05) is 19.1 Å². The predicted molar refractivity (Wildman–Crippen MR) is 34.8 cm³/mol. The molecule has 9 heavy (non-hydrogen) atoms. The van der Waals surface area contributed by atoms with Crippen LogP contribution in [0.2, 0.25) is 0 Å². The first-order valence-corrected chi connectivity index (χ1v) is 2.74. The summed E-state index contributed by atoms with van der Waals surface area (Å²) in [7, 11) is 0. The Morgan fingerprint density at radius 3 is 2.33 bits per heavy atom. The number of hydrogen-bond donors (Lipinski definition) is 0. The Bertz CT molecular complexity index is 164. The Kier molecular flexibility index (Phi) is 4.34. The van der Waals surface area contributed by atoms with E-state index in [4.69, 9.17) is 0 Å². The molecule has 0 N–H and O–H groups in total. The number of rotatable bonds is 0. The van der Waals surface area contributed by atoms with Crippen LogP contribution in [0.1, 0.15) is 11.1 Å². The van der Waals surface area contributed by atoms with E-state index >= 15 is 0 Å². The van der Waals surface area contributed by atoms with Crippen LogP contribution in [0.4, 0.5) is 0 Å². The minimum atomic E-state index is 0. The average Bonchev–Trinajstić information content (AvgIpc) is 1.64. The summed E-state index contributed by atoms with van der Waals surface area (Å²) in [6, 6.07) is 9.18. The molecule has 0 aliphatic rings. The van der Waals surface area contributed by atoms with Crippen LogP contribution in [0, 0.1) is 19.9 Å². The largest absolute Gasteiger partial charge is 3.00 e. The second-order valence-electron chi connectivity index (χ2n) is 2.05. The molecular formula is C8H9Y+2. The molecule has 0 aliphatic heterocycles. The van der Waals surface area contributed by atoms with Gasteiger partial charge in [0.1, 0.15) is 0 Å². The first-order valence-electron chi connectivity index (χ1n) is 2.74.